The van der Waals surface area contributed by atoms with Gasteiger partial charge in [-0.15, -0.1) is 0 Å². The van der Waals surface area contributed by atoms with Crippen LogP contribution in [0.4, 0.5) is 0 Å². The molecule has 138 valence electrons. The first-order chi connectivity index (χ1) is 11.9. The zero-order valence-corrected chi connectivity index (χ0v) is 15.3. The molecule has 2 aliphatic heterocycles. The van der Waals surface area contributed by atoms with E-state index in [0.29, 0.717) is 19.8 Å². The monoisotopic (exact) mass is 367 g/mol. The lowest BCUT2D eigenvalue weighted by atomic mass is 10.1. The van der Waals surface area contributed by atoms with E-state index >= 15 is 0 Å². The van der Waals surface area contributed by atoms with Crippen molar-refractivity contribution in [2.75, 3.05) is 44.9 Å². The van der Waals surface area contributed by atoms with Gasteiger partial charge in [0, 0.05) is 51.0 Å². The van der Waals surface area contributed by atoms with E-state index in [1.807, 2.05) is 23.1 Å². The largest absolute Gasteiger partial charge is 0.379 e. The number of hydrogen-bond acceptors (Lipinski definition) is 6. The average Bonchev–Trinajstić information content (AvgIpc) is 2.83. The SMILES string of the molecule is CS(=O)(=O)CCC(=O)N1C[C@H]2COC[C@@H]1CN(Cc1ccccn1)C2. The van der Waals surface area contributed by atoms with Crippen molar-refractivity contribution in [2.24, 2.45) is 5.92 Å². The fourth-order valence-electron chi connectivity index (χ4n) is 3.51. The smallest absolute Gasteiger partial charge is 0.223 e. The summed E-state index contributed by atoms with van der Waals surface area (Å²) in [6.07, 6.45) is 3.00. The van der Waals surface area contributed by atoms with Crippen LogP contribution in [-0.2, 0) is 25.9 Å². The Kier molecular flexibility index (Phi) is 5.71. The Hall–Kier alpha value is -1.51. The van der Waals surface area contributed by atoms with Gasteiger partial charge >= 0.3 is 0 Å². The van der Waals surface area contributed by atoms with Crippen LogP contribution < -0.4 is 0 Å². The van der Waals surface area contributed by atoms with Crippen LogP contribution in [0.2, 0.25) is 0 Å². The average molecular weight is 367 g/mol. The number of pyridine rings is 1. The molecule has 0 unspecified atom stereocenters. The van der Waals surface area contributed by atoms with Crippen LogP contribution in [-0.4, -0.2) is 80.0 Å². The third-order valence-electron chi connectivity index (χ3n) is 4.66. The summed E-state index contributed by atoms with van der Waals surface area (Å²) in [5.74, 6) is 0.0436. The summed E-state index contributed by atoms with van der Waals surface area (Å²) in [7, 11) is -3.14. The number of amides is 1. The van der Waals surface area contributed by atoms with Crippen molar-refractivity contribution in [3.63, 3.8) is 0 Å². The first-order valence-electron chi connectivity index (χ1n) is 8.58. The van der Waals surface area contributed by atoms with E-state index in [1.165, 1.54) is 6.26 Å². The van der Waals surface area contributed by atoms with E-state index in [2.05, 4.69) is 9.88 Å². The fraction of sp³-hybridized carbons (Fsp3) is 0.647. The number of ether oxygens (including phenoxy) is 1. The number of rotatable bonds is 5. The third kappa shape index (κ3) is 5.23. The summed E-state index contributed by atoms with van der Waals surface area (Å²) in [4.78, 5) is 21.1. The molecule has 0 N–H and O–H groups in total. The topological polar surface area (TPSA) is 79.8 Å². The molecule has 8 heteroatoms. The first kappa shape index (κ1) is 18.3. The van der Waals surface area contributed by atoms with Crippen LogP contribution >= 0.6 is 0 Å². The second-order valence-electron chi connectivity index (χ2n) is 7.00. The van der Waals surface area contributed by atoms with Crippen LogP contribution in [0.15, 0.2) is 24.4 Å². The number of carbonyl (C=O) groups excluding carboxylic acids is 1. The third-order valence-corrected chi connectivity index (χ3v) is 5.61. The first-order valence-corrected chi connectivity index (χ1v) is 10.6. The molecule has 0 spiro atoms. The van der Waals surface area contributed by atoms with Crippen molar-refractivity contribution in [1.29, 1.82) is 0 Å². The van der Waals surface area contributed by atoms with Crippen molar-refractivity contribution in [3.8, 4) is 0 Å². The lowest BCUT2D eigenvalue weighted by Gasteiger charge is -2.31. The molecule has 2 bridgehead atoms. The molecule has 3 heterocycles. The molecular weight excluding hydrogens is 342 g/mol. The van der Waals surface area contributed by atoms with Gasteiger partial charge in [-0.3, -0.25) is 14.7 Å². The molecule has 0 radical (unpaired) electrons. The van der Waals surface area contributed by atoms with Crippen LogP contribution in [0.25, 0.3) is 0 Å². The highest BCUT2D eigenvalue weighted by Gasteiger charge is 2.35. The maximum Gasteiger partial charge on any atom is 0.223 e. The minimum atomic E-state index is -3.14. The summed E-state index contributed by atoms with van der Waals surface area (Å²) in [6.45, 7) is 4.08. The number of aromatic nitrogens is 1. The van der Waals surface area contributed by atoms with Crippen molar-refractivity contribution in [1.82, 2.24) is 14.8 Å². The molecule has 2 aliphatic rings. The van der Waals surface area contributed by atoms with Crippen molar-refractivity contribution in [2.45, 2.75) is 19.0 Å². The highest BCUT2D eigenvalue weighted by molar-refractivity contribution is 7.90. The number of fused-ring (bicyclic) bond motifs is 3. The molecule has 0 saturated carbocycles. The van der Waals surface area contributed by atoms with Crippen LogP contribution in [0, 0.1) is 5.92 Å². The van der Waals surface area contributed by atoms with Gasteiger partial charge in [0.25, 0.3) is 0 Å². The predicted octanol–water partition coefficient (Wildman–Crippen LogP) is 0.176. The van der Waals surface area contributed by atoms with Gasteiger partial charge in [-0.2, -0.15) is 0 Å². The Morgan fingerprint density at radius 1 is 1.28 bits per heavy atom. The predicted molar refractivity (Wildman–Crippen MR) is 93.7 cm³/mol. The van der Waals surface area contributed by atoms with E-state index in [9.17, 15) is 13.2 Å². The summed E-state index contributed by atoms with van der Waals surface area (Å²) in [5.41, 5.74) is 1.01. The zero-order valence-electron chi connectivity index (χ0n) is 14.5. The van der Waals surface area contributed by atoms with Gasteiger partial charge in [-0.25, -0.2) is 8.42 Å². The maximum atomic E-state index is 12.6. The van der Waals surface area contributed by atoms with Crippen molar-refractivity contribution >= 4 is 15.7 Å². The molecule has 0 aromatic carbocycles. The zero-order chi connectivity index (χ0) is 17.9. The maximum absolute atomic E-state index is 12.6. The molecule has 2 saturated heterocycles. The highest BCUT2D eigenvalue weighted by atomic mass is 32.2. The normalized spacial score (nSPS) is 24.8. The lowest BCUT2D eigenvalue weighted by molar-refractivity contribution is -0.133. The Balaban J connectivity index is 1.68. The summed E-state index contributed by atoms with van der Waals surface area (Å²) in [6, 6.07) is 5.84. The molecule has 2 fully saturated rings. The Morgan fingerprint density at radius 3 is 2.84 bits per heavy atom. The quantitative estimate of drug-likeness (QED) is 0.738. The Bertz CT molecular complexity index is 695. The Morgan fingerprint density at radius 2 is 2.12 bits per heavy atom. The standard InChI is InChI=1S/C17H25N3O4S/c1-25(22,23)7-5-17(21)20-9-14-8-19(11-16(20)13-24-12-14)10-15-4-2-3-6-18-15/h2-4,6,14,16H,5,7-13H2,1H3/t14-,16-/m0/s1. The molecule has 25 heavy (non-hydrogen) atoms. The molecular formula is C17H25N3O4S. The second-order valence-corrected chi connectivity index (χ2v) is 9.26. The Labute approximate surface area is 148 Å². The van der Waals surface area contributed by atoms with Gasteiger partial charge in [0.05, 0.1) is 30.7 Å². The summed E-state index contributed by atoms with van der Waals surface area (Å²) in [5, 5.41) is 0. The van der Waals surface area contributed by atoms with Crippen LogP contribution in [0.3, 0.4) is 0 Å². The fourth-order valence-corrected chi connectivity index (χ4v) is 4.06. The van der Waals surface area contributed by atoms with Gasteiger partial charge in [-0.1, -0.05) is 6.07 Å². The van der Waals surface area contributed by atoms with Crippen molar-refractivity contribution in [3.05, 3.63) is 30.1 Å². The second kappa shape index (κ2) is 7.80. The van der Waals surface area contributed by atoms with E-state index in [-0.39, 0.29) is 30.0 Å². The number of carbonyl (C=O) groups is 1. The van der Waals surface area contributed by atoms with E-state index in [4.69, 9.17) is 4.74 Å². The number of hydrogen-bond donors (Lipinski definition) is 0. The molecule has 7 nitrogen and oxygen atoms in total. The molecule has 1 aromatic heterocycles. The number of nitrogens with zero attached hydrogens (tertiary/aromatic N) is 3. The van der Waals surface area contributed by atoms with Gasteiger partial charge in [0.2, 0.25) is 5.91 Å². The van der Waals surface area contributed by atoms with E-state index in [1.54, 1.807) is 6.20 Å². The lowest BCUT2D eigenvalue weighted by Crippen LogP contribution is -2.46. The molecule has 1 aromatic rings. The van der Waals surface area contributed by atoms with Gasteiger partial charge in [0.1, 0.15) is 9.84 Å². The molecule has 0 aliphatic carbocycles. The van der Waals surface area contributed by atoms with Gasteiger partial charge in [-0.05, 0) is 12.1 Å². The summed E-state index contributed by atoms with van der Waals surface area (Å²) >= 11 is 0. The molecule has 3 rings (SSSR count). The van der Waals surface area contributed by atoms with E-state index in [0.717, 1.165) is 25.3 Å². The van der Waals surface area contributed by atoms with Gasteiger partial charge in [0.15, 0.2) is 0 Å². The van der Waals surface area contributed by atoms with Crippen LogP contribution in [0.1, 0.15) is 12.1 Å². The molecule has 1 amide bonds. The highest BCUT2D eigenvalue weighted by Crippen LogP contribution is 2.21. The van der Waals surface area contributed by atoms with E-state index < -0.39 is 9.84 Å². The summed E-state index contributed by atoms with van der Waals surface area (Å²) < 4.78 is 28.4. The minimum absolute atomic E-state index is 0.0386. The van der Waals surface area contributed by atoms with Crippen molar-refractivity contribution < 1.29 is 17.9 Å². The van der Waals surface area contributed by atoms with Crippen LogP contribution in [0.5, 0.6) is 0 Å². The van der Waals surface area contributed by atoms with Gasteiger partial charge < -0.3 is 9.64 Å². The minimum Gasteiger partial charge on any atom is -0.379 e. The number of sulfone groups is 1. The molecule has 2 atom stereocenters.